The van der Waals surface area contributed by atoms with Gasteiger partial charge in [-0.15, -0.1) is 0 Å². The van der Waals surface area contributed by atoms with Crippen LogP contribution in [0.4, 0.5) is 4.39 Å². The van der Waals surface area contributed by atoms with Crippen molar-refractivity contribution in [2.75, 3.05) is 13.7 Å². The molecule has 1 aromatic carbocycles. The van der Waals surface area contributed by atoms with Gasteiger partial charge in [0.05, 0.1) is 12.1 Å². The molecular formula is C15H23BrFNO. The van der Waals surface area contributed by atoms with Gasteiger partial charge in [-0.25, -0.2) is 4.39 Å². The van der Waals surface area contributed by atoms with E-state index in [0.717, 1.165) is 4.47 Å². The first-order valence-electron chi connectivity index (χ1n) is 6.55. The van der Waals surface area contributed by atoms with Gasteiger partial charge in [-0.3, -0.25) is 0 Å². The SMILES string of the molecule is CCOC(C(NC)c1cc(Br)ccc1F)C(C)(C)C. The Morgan fingerprint density at radius 3 is 2.47 bits per heavy atom. The van der Waals surface area contributed by atoms with Crippen LogP contribution in [0.1, 0.15) is 39.3 Å². The lowest BCUT2D eigenvalue weighted by Gasteiger charge is -2.37. The van der Waals surface area contributed by atoms with Gasteiger partial charge in [0.25, 0.3) is 0 Å². The highest BCUT2D eigenvalue weighted by molar-refractivity contribution is 9.10. The van der Waals surface area contributed by atoms with Crippen LogP contribution in [-0.4, -0.2) is 19.8 Å². The molecule has 19 heavy (non-hydrogen) atoms. The second kappa shape index (κ2) is 6.82. The van der Waals surface area contributed by atoms with Crippen LogP contribution in [0.2, 0.25) is 0 Å². The molecule has 0 aliphatic heterocycles. The van der Waals surface area contributed by atoms with Gasteiger partial charge in [-0.2, -0.15) is 0 Å². The second-order valence-corrected chi connectivity index (χ2v) is 6.59. The maximum Gasteiger partial charge on any atom is 0.128 e. The Morgan fingerprint density at radius 1 is 1.37 bits per heavy atom. The molecule has 0 saturated heterocycles. The summed E-state index contributed by atoms with van der Waals surface area (Å²) in [4.78, 5) is 0. The molecule has 0 fully saturated rings. The quantitative estimate of drug-likeness (QED) is 0.868. The van der Waals surface area contributed by atoms with E-state index in [1.54, 1.807) is 6.07 Å². The van der Waals surface area contributed by atoms with E-state index < -0.39 is 0 Å². The van der Waals surface area contributed by atoms with Gasteiger partial charge in [0.1, 0.15) is 5.82 Å². The van der Waals surface area contributed by atoms with Crippen LogP contribution in [0, 0.1) is 11.2 Å². The summed E-state index contributed by atoms with van der Waals surface area (Å²) in [5.41, 5.74) is 0.545. The van der Waals surface area contributed by atoms with Gasteiger partial charge >= 0.3 is 0 Å². The van der Waals surface area contributed by atoms with Crippen molar-refractivity contribution in [3.8, 4) is 0 Å². The largest absolute Gasteiger partial charge is 0.376 e. The predicted octanol–water partition coefficient (Wildman–Crippen LogP) is 4.30. The minimum absolute atomic E-state index is 0.0849. The van der Waals surface area contributed by atoms with Gasteiger partial charge in [0, 0.05) is 16.6 Å². The van der Waals surface area contributed by atoms with Gasteiger partial charge < -0.3 is 10.1 Å². The molecule has 0 aromatic heterocycles. The fraction of sp³-hybridized carbons (Fsp3) is 0.600. The van der Waals surface area contributed by atoms with E-state index >= 15 is 0 Å². The topological polar surface area (TPSA) is 21.3 Å². The molecule has 4 heteroatoms. The maximum absolute atomic E-state index is 14.1. The molecular weight excluding hydrogens is 309 g/mol. The average Bonchev–Trinajstić information content (AvgIpc) is 2.32. The van der Waals surface area contributed by atoms with E-state index in [2.05, 4.69) is 42.0 Å². The third-order valence-corrected chi connectivity index (χ3v) is 3.60. The summed E-state index contributed by atoms with van der Waals surface area (Å²) >= 11 is 3.40. The van der Waals surface area contributed by atoms with E-state index in [9.17, 15) is 4.39 Å². The Morgan fingerprint density at radius 2 is 2.00 bits per heavy atom. The van der Waals surface area contributed by atoms with Crippen molar-refractivity contribution < 1.29 is 9.13 Å². The third kappa shape index (κ3) is 4.26. The zero-order chi connectivity index (χ0) is 14.6. The van der Waals surface area contributed by atoms with E-state index in [1.165, 1.54) is 6.07 Å². The van der Waals surface area contributed by atoms with E-state index in [-0.39, 0.29) is 23.4 Å². The second-order valence-electron chi connectivity index (χ2n) is 5.67. The highest BCUT2D eigenvalue weighted by Gasteiger charge is 2.34. The highest BCUT2D eigenvalue weighted by Crippen LogP contribution is 2.34. The normalized spacial score (nSPS) is 15.3. The summed E-state index contributed by atoms with van der Waals surface area (Å²) in [5, 5.41) is 3.19. The fourth-order valence-electron chi connectivity index (χ4n) is 2.25. The van der Waals surface area contributed by atoms with Gasteiger partial charge in [-0.1, -0.05) is 36.7 Å². The first kappa shape index (κ1) is 16.6. The first-order valence-corrected chi connectivity index (χ1v) is 7.34. The Labute approximate surface area is 123 Å². The summed E-state index contributed by atoms with van der Waals surface area (Å²) in [6.07, 6.45) is -0.105. The number of hydrogen-bond acceptors (Lipinski definition) is 2. The van der Waals surface area contributed by atoms with Crippen molar-refractivity contribution in [3.63, 3.8) is 0 Å². The van der Waals surface area contributed by atoms with Crippen molar-refractivity contribution in [1.82, 2.24) is 5.32 Å². The Balaban J connectivity index is 3.19. The molecule has 0 aliphatic carbocycles. The molecule has 1 rings (SSSR count). The van der Waals surface area contributed by atoms with Crippen LogP contribution in [0.15, 0.2) is 22.7 Å². The molecule has 2 nitrogen and oxygen atoms in total. The number of halogens is 2. The van der Waals surface area contributed by atoms with Gasteiger partial charge in [-0.05, 0) is 37.6 Å². The van der Waals surface area contributed by atoms with E-state index in [4.69, 9.17) is 4.74 Å². The molecule has 0 aliphatic rings. The average molecular weight is 332 g/mol. The fourth-order valence-corrected chi connectivity index (χ4v) is 2.63. The molecule has 0 saturated carbocycles. The van der Waals surface area contributed by atoms with E-state index in [0.29, 0.717) is 12.2 Å². The summed E-state index contributed by atoms with van der Waals surface area (Å²) in [6, 6.07) is 4.82. The number of benzene rings is 1. The van der Waals surface area contributed by atoms with Crippen LogP contribution < -0.4 is 5.32 Å². The zero-order valence-electron chi connectivity index (χ0n) is 12.3. The monoisotopic (exact) mass is 331 g/mol. The van der Waals surface area contributed by atoms with Crippen LogP contribution in [0.25, 0.3) is 0 Å². The lowest BCUT2D eigenvalue weighted by Crippen LogP contribution is -2.41. The minimum atomic E-state index is -0.212. The Hall–Kier alpha value is -0.450. The first-order chi connectivity index (χ1) is 8.81. The predicted molar refractivity (Wildman–Crippen MR) is 80.8 cm³/mol. The number of ether oxygens (including phenoxy) is 1. The molecule has 0 spiro atoms. The zero-order valence-corrected chi connectivity index (χ0v) is 13.8. The molecule has 0 bridgehead atoms. The lowest BCUT2D eigenvalue weighted by atomic mass is 9.82. The standard InChI is InChI=1S/C15H23BrFNO/c1-6-19-14(15(2,3)4)13(18-5)11-9-10(16)7-8-12(11)17/h7-9,13-14,18H,6H2,1-5H3. The molecule has 1 aromatic rings. The third-order valence-electron chi connectivity index (χ3n) is 3.11. The number of hydrogen-bond donors (Lipinski definition) is 1. The number of likely N-dealkylation sites (N-methyl/N-ethyl adjacent to an activating group) is 1. The number of nitrogens with one attached hydrogen (secondary N) is 1. The maximum atomic E-state index is 14.1. The molecule has 2 atom stereocenters. The number of rotatable bonds is 5. The van der Waals surface area contributed by atoms with Crippen LogP contribution in [0.5, 0.6) is 0 Å². The van der Waals surface area contributed by atoms with E-state index in [1.807, 2.05) is 20.0 Å². The molecule has 108 valence electrons. The Bertz CT molecular complexity index is 417. The summed E-state index contributed by atoms with van der Waals surface area (Å²) in [7, 11) is 1.84. The molecule has 0 amide bonds. The van der Waals surface area contributed by atoms with Crippen LogP contribution in [0.3, 0.4) is 0 Å². The molecule has 0 heterocycles. The smallest absolute Gasteiger partial charge is 0.128 e. The summed E-state index contributed by atoms with van der Waals surface area (Å²) < 4.78 is 20.8. The molecule has 0 radical (unpaired) electrons. The van der Waals surface area contributed by atoms with Crippen molar-refractivity contribution in [2.45, 2.75) is 39.8 Å². The molecule has 2 unspecified atom stereocenters. The molecule has 1 N–H and O–H groups in total. The van der Waals surface area contributed by atoms with Crippen LogP contribution >= 0.6 is 15.9 Å². The van der Waals surface area contributed by atoms with Gasteiger partial charge in [0.2, 0.25) is 0 Å². The van der Waals surface area contributed by atoms with Gasteiger partial charge in [0.15, 0.2) is 0 Å². The minimum Gasteiger partial charge on any atom is -0.376 e. The van der Waals surface area contributed by atoms with Crippen molar-refractivity contribution in [3.05, 3.63) is 34.1 Å². The van der Waals surface area contributed by atoms with Crippen molar-refractivity contribution >= 4 is 15.9 Å². The van der Waals surface area contributed by atoms with Crippen LogP contribution in [-0.2, 0) is 4.74 Å². The van der Waals surface area contributed by atoms with Crippen molar-refractivity contribution in [1.29, 1.82) is 0 Å². The van der Waals surface area contributed by atoms with Crippen molar-refractivity contribution in [2.24, 2.45) is 5.41 Å². The Kier molecular flexibility index (Phi) is 5.96. The summed E-state index contributed by atoms with van der Waals surface area (Å²) in [6.45, 7) is 8.88. The summed E-state index contributed by atoms with van der Waals surface area (Å²) in [5.74, 6) is -0.212. The highest BCUT2D eigenvalue weighted by atomic mass is 79.9. The lowest BCUT2D eigenvalue weighted by molar-refractivity contribution is -0.0357.